The van der Waals surface area contributed by atoms with Crippen LogP contribution in [0.1, 0.15) is 10.4 Å². The Morgan fingerprint density at radius 3 is 2.52 bits per heavy atom. The van der Waals surface area contributed by atoms with Gasteiger partial charge in [0.15, 0.2) is 0 Å². The van der Waals surface area contributed by atoms with Gasteiger partial charge in [0.05, 0.1) is 17.6 Å². The number of ether oxygens (including phenoxy) is 1. The number of sulfonamides is 1. The molecule has 0 fully saturated rings. The number of carbonyl (C=O) groups is 1. The molecule has 0 unspecified atom stereocenters. The van der Waals surface area contributed by atoms with E-state index in [9.17, 15) is 13.2 Å². The van der Waals surface area contributed by atoms with Crippen LogP contribution >= 0.6 is 0 Å². The van der Waals surface area contributed by atoms with E-state index in [-0.39, 0.29) is 4.90 Å². The molecule has 3 N–H and O–H groups in total. The van der Waals surface area contributed by atoms with Crippen LogP contribution in [0, 0.1) is 0 Å². The molecule has 110 valence electrons. The van der Waals surface area contributed by atoms with Gasteiger partial charge in [-0.1, -0.05) is 18.2 Å². The standard InChI is InChI=1S/C14H14N2O4S/c1-20-13-8-3-2-7-12(13)14(17)16-10-5-4-6-11(9-10)21(15,18)19/h2-9H,1H3,(H,16,17)(H2,15,18,19). The highest BCUT2D eigenvalue weighted by atomic mass is 32.2. The lowest BCUT2D eigenvalue weighted by Crippen LogP contribution is -2.15. The smallest absolute Gasteiger partial charge is 0.259 e. The molecular weight excluding hydrogens is 292 g/mol. The number of methoxy groups -OCH3 is 1. The Bertz CT molecular complexity index is 772. The van der Waals surface area contributed by atoms with E-state index in [1.807, 2.05) is 0 Å². The van der Waals surface area contributed by atoms with Crippen LogP contribution in [-0.2, 0) is 10.0 Å². The molecule has 1 amide bonds. The molecule has 0 saturated heterocycles. The highest BCUT2D eigenvalue weighted by Crippen LogP contribution is 2.20. The first-order valence-electron chi connectivity index (χ1n) is 5.99. The number of benzene rings is 2. The van der Waals surface area contributed by atoms with Gasteiger partial charge in [0.2, 0.25) is 10.0 Å². The lowest BCUT2D eigenvalue weighted by atomic mass is 10.2. The zero-order valence-electron chi connectivity index (χ0n) is 11.2. The Morgan fingerprint density at radius 2 is 1.86 bits per heavy atom. The van der Waals surface area contributed by atoms with E-state index in [0.29, 0.717) is 17.0 Å². The molecule has 0 bridgehead atoms. The van der Waals surface area contributed by atoms with Gasteiger partial charge in [-0.05, 0) is 30.3 Å². The van der Waals surface area contributed by atoms with Crippen molar-refractivity contribution in [2.75, 3.05) is 12.4 Å². The summed E-state index contributed by atoms with van der Waals surface area (Å²) in [4.78, 5) is 12.1. The van der Waals surface area contributed by atoms with Crippen molar-refractivity contribution in [2.24, 2.45) is 5.14 Å². The van der Waals surface area contributed by atoms with Crippen molar-refractivity contribution in [1.29, 1.82) is 0 Å². The lowest BCUT2D eigenvalue weighted by molar-refractivity contribution is 0.102. The molecule has 0 aliphatic carbocycles. The van der Waals surface area contributed by atoms with Gasteiger partial charge in [-0.25, -0.2) is 13.6 Å². The maximum Gasteiger partial charge on any atom is 0.259 e. The average Bonchev–Trinajstić information content (AvgIpc) is 2.46. The molecule has 0 heterocycles. The first kappa shape index (κ1) is 15.0. The highest BCUT2D eigenvalue weighted by Gasteiger charge is 2.13. The second kappa shape index (κ2) is 5.94. The molecule has 0 aliphatic rings. The topological polar surface area (TPSA) is 98.5 Å². The summed E-state index contributed by atoms with van der Waals surface area (Å²) in [5.41, 5.74) is 0.679. The Morgan fingerprint density at radius 1 is 1.14 bits per heavy atom. The van der Waals surface area contributed by atoms with Crippen molar-refractivity contribution in [3.63, 3.8) is 0 Å². The summed E-state index contributed by atoms with van der Waals surface area (Å²) in [7, 11) is -2.35. The van der Waals surface area contributed by atoms with Gasteiger partial charge in [0.25, 0.3) is 5.91 Å². The lowest BCUT2D eigenvalue weighted by Gasteiger charge is -2.09. The van der Waals surface area contributed by atoms with E-state index < -0.39 is 15.9 Å². The number of para-hydroxylation sites is 1. The number of nitrogens with two attached hydrogens (primary N) is 1. The fraction of sp³-hybridized carbons (Fsp3) is 0.0714. The van der Waals surface area contributed by atoms with Crippen molar-refractivity contribution in [3.05, 3.63) is 54.1 Å². The number of rotatable bonds is 4. The molecule has 2 aromatic rings. The van der Waals surface area contributed by atoms with Crippen LogP contribution in [0.25, 0.3) is 0 Å². The van der Waals surface area contributed by atoms with Crippen molar-refractivity contribution < 1.29 is 17.9 Å². The van der Waals surface area contributed by atoms with Gasteiger partial charge in [-0.3, -0.25) is 4.79 Å². The summed E-state index contributed by atoms with van der Waals surface area (Å²) in [5.74, 6) is 0.0246. The Hall–Kier alpha value is -2.38. The molecule has 2 rings (SSSR count). The van der Waals surface area contributed by atoms with Crippen LogP contribution in [0.15, 0.2) is 53.4 Å². The average molecular weight is 306 g/mol. The van der Waals surface area contributed by atoms with Crippen molar-refractivity contribution >= 4 is 21.6 Å². The zero-order valence-corrected chi connectivity index (χ0v) is 12.1. The van der Waals surface area contributed by atoms with E-state index in [4.69, 9.17) is 9.88 Å². The monoisotopic (exact) mass is 306 g/mol. The minimum Gasteiger partial charge on any atom is -0.496 e. The summed E-state index contributed by atoms with van der Waals surface area (Å²) >= 11 is 0. The van der Waals surface area contributed by atoms with Crippen molar-refractivity contribution in [3.8, 4) is 5.75 Å². The third-order valence-corrected chi connectivity index (χ3v) is 3.68. The molecule has 0 aromatic heterocycles. The summed E-state index contributed by atoms with van der Waals surface area (Å²) in [6.45, 7) is 0. The molecule has 7 heteroatoms. The first-order chi connectivity index (χ1) is 9.91. The van der Waals surface area contributed by atoms with Crippen LogP contribution < -0.4 is 15.2 Å². The normalized spacial score (nSPS) is 11.0. The molecule has 6 nitrogen and oxygen atoms in total. The maximum absolute atomic E-state index is 12.2. The maximum atomic E-state index is 12.2. The van der Waals surface area contributed by atoms with Crippen LogP contribution in [0.3, 0.4) is 0 Å². The summed E-state index contributed by atoms with van der Waals surface area (Å²) in [6.07, 6.45) is 0. The number of anilines is 1. The van der Waals surface area contributed by atoms with Crippen molar-refractivity contribution in [2.45, 2.75) is 4.90 Å². The summed E-state index contributed by atoms with van der Waals surface area (Å²) in [5, 5.41) is 7.66. The summed E-state index contributed by atoms with van der Waals surface area (Å²) < 4.78 is 27.7. The number of amides is 1. The van der Waals surface area contributed by atoms with Crippen LogP contribution in [0.5, 0.6) is 5.75 Å². The largest absolute Gasteiger partial charge is 0.496 e. The van der Waals surface area contributed by atoms with Crippen LogP contribution in [0.2, 0.25) is 0 Å². The zero-order chi connectivity index (χ0) is 15.5. The number of primary sulfonamides is 1. The molecule has 0 atom stereocenters. The molecule has 0 radical (unpaired) electrons. The fourth-order valence-corrected chi connectivity index (χ4v) is 2.34. The number of nitrogens with one attached hydrogen (secondary N) is 1. The Balaban J connectivity index is 2.28. The van der Waals surface area contributed by atoms with E-state index in [1.54, 1.807) is 30.3 Å². The number of carbonyl (C=O) groups excluding carboxylic acids is 1. The van der Waals surface area contributed by atoms with Gasteiger partial charge >= 0.3 is 0 Å². The Labute approximate surface area is 122 Å². The van der Waals surface area contributed by atoms with E-state index in [1.165, 1.54) is 25.3 Å². The summed E-state index contributed by atoms with van der Waals surface area (Å²) in [6, 6.07) is 12.4. The van der Waals surface area contributed by atoms with Gasteiger partial charge in [-0.2, -0.15) is 0 Å². The fourth-order valence-electron chi connectivity index (χ4n) is 1.78. The predicted octanol–water partition coefficient (Wildman–Crippen LogP) is 1.59. The molecule has 0 saturated carbocycles. The second-order valence-electron chi connectivity index (χ2n) is 4.23. The molecule has 0 aliphatic heterocycles. The predicted molar refractivity (Wildman–Crippen MR) is 78.8 cm³/mol. The quantitative estimate of drug-likeness (QED) is 0.896. The van der Waals surface area contributed by atoms with Crippen molar-refractivity contribution in [1.82, 2.24) is 0 Å². The van der Waals surface area contributed by atoms with Gasteiger partial charge in [0, 0.05) is 5.69 Å². The third kappa shape index (κ3) is 3.59. The van der Waals surface area contributed by atoms with Gasteiger partial charge < -0.3 is 10.1 Å². The van der Waals surface area contributed by atoms with Crippen LogP contribution in [0.4, 0.5) is 5.69 Å². The minimum atomic E-state index is -3.81. The van der Waals surface area contributed by atoms with E-state index >= 15 is 0 Å². The number of hydrogen-bond donors (Lipinski definition) is 2. The minimum absolute atomic E-state index is 0.0691. The molecular formula is C14H14N2O4S. The van der Waals surface area contributed by atoms with E-state index in [0.717, 1.165) is 0 Å². The van der Waals surface area contributed by atoms with Gasteiger partial charge in [-0.15, -0.1) is 0 Å². The molecule has 2 aromatic carbocycles. The highest BCUT2D eigenvalue weighted by molar-refractivity contribution is 7.89. The van der Waals surface area contributed by atoms with Gasteiger partial charge in [0.1, 0.15) is 5.75 Å². The number of hydrogen-bond acceptors (Lipinski definition) is 4. The van der Waals surface area contributed by atoms with E-state index in [2.05, 4.69) is 5.32 Å². The molecule has 0 spiro atoms. The second-order valence-corrected chi connectivity index (χ2v) is 5.79. The first-order valence-corrected chi connectivity index (χ1v) is 7.53. The SMILES string of the molecule is COc1ccccc1C(=O)Nc1cccc(S(N)(=O)=O)c1. The third-order valence-electron chi connectivity index (χ3n) is 2.77. The van der Waals surface area contributed by atoms with Crippen LogP contribution in [-0.4, -0.2) is 21.4 Å². The molecule has 21 heavy (non-hydrogen) atoms. The Kier molecular flexibility index (Phi) is 4.25.